The van der Waals surface area contributed by atoms with Gasteiger partial charge in [0, 0.05) is 47.2 Å². The molecule has 3 aromatic carbocycles. The van der Waals surface area contributed by atoms with Crippen LogP contribution in [-0.2, 0) is 10.8 Å². The summed E-state index contributed by atoms with van der Waals surface area (Å²) in [7, 11) is 0. The van der Waals surface area contributed by atoms with Crippen LogP contribution in [0.2, 0.25) is 0 Å². The standard InChI is InChI=1S/C45H46N6O/c1-29(2)37-23-31(45(6,7)8)27-48-42(37)50-28-49(39-17-12-21-47-43(39)50)32-13-11-14-33(25-32)52-34-18-19-36-35-15-9-10-16-38(35)51(40(36)26-34)41-24-30(20-22-46-41)44(3,4)5/h9-27,29H,28H2,1-8H3. The molecule has 1 aliphatic rings. The van der Waals surface area contributed by atoms with E-state index in [0.29, 0.717) is 12.6 Å². The average molecular weight is 687 g/mol. The molecule has 262 valence electrons. The number of anilines is 4. The molecule has 0 saturated heterocycles. The number of aromatic nitrogens is 4. The Hall–Kier alpha value is -5.69. The van der Waals surface area contributed by atoms with Gasteiger partial charge in [-0.1, -0.05) is 79.7 Å². The topological polar surface area (TPSA) is 59.3 Å². The summed E-state index contributed by atoms with van der Waals surface area (Å²) in [5.74, 6) is 4.56. The highest BCUT2D eigenvalue weighted by atomic mass is 16.5. The van der Waals surface area contributed by atoms with E-state index in [4.69, 9.17) is 19.7 Å². The third kappa shape index (κ3) is 5.94. The summed E-state index contributed by atoms with van der Waals surface area (Å²) < 4.78 is 8.89. The minimum Gasteiger partial charge on any atom is -0.457 e. The SMILES string of the molecule is CC(C)c1cc(C(C)(C)C)cnc1N1CN(c2cccc(Oc3ccc4c5ccccc5n(-c5cc(C(C)(C)C)ccn5)c4c3)c2)c2cccnc21. The third-order valence-electron chi connectivity index (χ3n) is 10.1. The number of para-hydroxylation sites is 1. The van der Waals surface area contributed by atoms with Crippen LogP contribution < -0.4 is 14.5 Å². The monoisotopic (exact) mass is 686 g/mol. The Kier molecular flexibility index (Phi) is 8.05. The Morgan fingerprint density at radius 2 is 1.38 bits per heavy atom. The van der Waals surface area contributed by atoms with E-state index < -0.39 is 0 Å². The molecule has 0 amide bonds. The summed E-state index contributed by atoms with van der Waals surface area (Å²) in [5.41, 5.74) is 7.92. The van der Waals surface area contributed by atoms with Crippen molar-refractivity contribution >= 4 is 44.8 Å². The highest BCUT2D eigenvalue weighted by Crippen LogP contribution is 2.45. The molecule has 0 N–H and O–H groups in total. The van der Waals surface area contributed by atoms with Crippen molar-refractivity contribution in [3.8, 4) is 17.3 Å². The predicted molar refractivity (Wildman–Crippen MR) is 214 cm³/mol. The molecule has 4 aromatic heterocycles. The highest BCUT2D eigenvalue weighted by molar-refractivity contribution is 6.09. The number of pyridine rings is 3. The molecule has 7 nitrogen and oxygen atoms in total. The first kappa shape index (κ1) is 33.5. The molecular weight excluding hydrogens is 641 g/mol. The quantitative estimate of drug-likeness (QED) is 0.174. The molecule has 7 heteroatoms. The average Bonchev–Trinajstić information content (AvgIpc) is 3.67. The van der Waals surface area contributed by atoms with Crippen LogP contribution in [0.25, 0.3) is 27.6 Å². The van der Waals surface area contributed by atoms with Gasteiger partial charge in [-0.3, -0.25) is 9.47 Å². The predicted octanol–water partition coefficient (Wildman–Crippen LogP) is 11.7. The van der Waals surface area contributed by atoms with Gasteiger partial charge < -0.3 is 9.64 Å². The summed E-state index contributed by atoms with van der Waals surface area (Å²) in [5, 5.41) is 2.34. The van der Waals surface area contributed by atoms with Crippen molar-refractivity contribution in [1.82, 2.24) is 19.5 Å². The minimum absolute atomic E-state index is 0.00278. The summed E-state index contributed by atoms with van der Waals surface area (Å²) in [6.07, 6.45) is 5.79. The maximum absolute atomic E-state index is 6.64. The van der Waals surface area contributed by atoms with Crippen LogP contribution in [-0.4, -0.2) is 26.2 Å². The molecular formula is C45H46N6O. The lowest BCUT2D eigenvalue weighted by Gasteiger charge is -2.26. The molecule has 0 atom stereocenters. The molecule has 1 aliphatic heterocycles. The summed E-state index contributed by atoms with van der Waals surface area (Å²) in [6.45, 7) is 18.5. The van der Waals surface area contributed by atoms with Gasteiger partial charge in [-0.2, -0.15) is 0 Å². The number of benzene rings is 3. The van der Waals surface area contributed by atoms with Crippen molar-refractivity contribution in [2.45, 2.75) is 72.1 Å². The lowest BCUT2D eigenvalue weighted by molar-refractivity contribution is 0.483. The van der Waals surface area contributed by atoms with Gasteiger partial charge in [0.2, 0.25) is 0 Å². The smallest absolute Gasteiger partial charge is 0.159 e. The zero-order valence-electron chi connectivity index (χ0n) is 31.3. The Labute approximate surface area is 306 Å². The van der Waals surface area contributed by atoms with Crippen LogP contribution in [0.5, 0.6) is 11.5 Å². The van der Waals surface area contributed by atoms with E-state index in [1.165, 1.54) is 22.1 Å². The van der Waals surface area contributed by atoms with E-state index in [-0.39, 0.29) is 10.8 Å². The van der Waals surface area contributed by atoms with E-state index in [1.54, 1.807) is 0 Å². The van der Waals surface area contributed by atoms with Crippen molar-refractivity contribution < 1.29 is 4.74 Å². The first-order chi connectivity index (χ1) is 24.9. The molecule has 0 saturated carbocycles. The Morgan fingerprint density at radius 3 is 2.17 bits per heavy atom. The summed E-state index contributed by atoms with van der Waals surface area (Å²) >= 11 is 0. The fourth-order valence-corrected chi connectivity index (χ4v) is 7.13. The van der Waals surface area contributed by atoms with Gasteiger partial charge in [0.1, 0.15) is 29.8 Å². The van der Waals surface area contributed by atoms with Gasteiger partial charge in [0.25, 0.3) is 0 Å². The fraction of sp³-hybridized carbons (Fsp3) is 0.267. The molecule has 0 spiro atoms. The molecule has 7 aromatic rings. The van der Waals surface area contributed by atoms with Gasteiger partial charge in [0.15, 0.2) is 5.82 Å². The number of nitrogens with zero attached hydrogens (tertiary/aromatic N) is 6. The lowest BCUT2D eigenvalue weighted by Crippen LogP contribution is -2.26. The highest BCUT2D eigenvalue weighted by Gasteiger charge is 2.32. The number of rotatable bonds is 6. The van der Waals surface area contributed by atoms with Gasteiger partial charge in [-0.25, -0.2) is 15.0 Å². The molecule has 5 heterocycles. The maximum Gasteiger partial charge on any atom is 0.159 e. The van der Waals surface area contributed by atoms with E-state index >= 15 is 0 Å². The summed E-state index contributed by atoms with van der Waals surface area (Å²) in [4.78, 5) is 19.3. The van der Waals surface area contributed by atoms with E-state index in [9.17, 15) is 0 Å². The molecule has 0 bridgehead atoms. The van der Waals surface area contributed by atoms with Crippen molar-refractivity contribution in [2.24, 2.45) is 0 Å². The first-order valence-electron chi connectivity index (χ1n) is 18.2. The van der Waals surface area contributed by atoms with Gasteiger partial charge in [-0.05, 0) is 94.1 Å². The number of hydrogen-bond acceptors (Lipinski definition) is 6. The number of fused-ring (bicyclic) bond motifs is 4. The first-order valence-corrected chi connectivity index (χ1v) is 18.2. The zero-order chi connectivity index (χ0) is 36.4. The largest absolute Gasteiger partial charge is 0.457 e. The second kappa shape index (κ2) is 12.5. The van der Waals surface area contributed by atoms with Crippen molar-refractivity contribution in [3.63, 3.8) is 0 Å². The van der Waals surface area contributed by atoms with Crippen molar-refractivity contribution in [2.75, 3.05) is 16.5 Å². The second-order valence-corrected chi connectivity index (χ2v) is 16.2. The third-order valence-corrected chi connectivity index (χ3v) is 10.1. The maximum atomic E-state index is 6.64. The molecule has 0 fully saturated rings. The number of ether oxygens (including phenoxy) is 1. The molecule has 52 heavy (non-hydrogen) atoms. The Morgan fingerprint density at radius 1 is 0.615 bits per heavy atom. The molecule has 8 rings (SSSR count). The lowest BCUT2D eigenvalue weighted by atomic mass is 9.86. The van der Waals surface area contributed by atoms with Gasteiger partial charge in [0.05, 0.1) is 16.7 Å². The summed E-state index contributed by atoms with van der Waals surface area (Å²) in [6, 6.07) is 33.9. The van der Waals surface area contributed by atoms with Crippen LogP contribution in [0.4, 0.5) is 23.0 Å². The van der Waals surface area contributed by atoms with Crippen molar-refractivity contribution in [3.05, 3.63) is 132 Å². The second-order valence-electron chi connectivity index (χ2n) is 16.2. The van der Waals surface area contributed by atoms with E-state index in [2.05, 4.69) is 155 Å². The number of hydrogen-bond donors (Lipinski definition) is 0. The normalized spacial score (nSPS) is 13.4. The van der Waals surface area contributed by atoms with Crippen LogP contribution in [0.3, 0.4) is 0 Å². The molecule has 0 aliphatic carbocycles. The van der Waals surface area contributed by atoms with Gasteiger partial charge >= 0.3 is 0 Å². The van der Waals surface area contributed by atoms with Crippen LogP contribution in [0.1, 0.15) is 78.0 Å². The van der Waals surface area contributed by atoms with Gasteiger partial charge in [-0.15, -0.1) is 0 Å². The van der Waals surface area contributed by atoms with Crippen LogP contribution in [0, 0.1) is 0 Å². The molecule has 0 radical (unpaired) electrons. The van der Waals surface area contributed by atoms with E-state index in [0.717, 1.165) is 56.7 Å². The molecule has 0 unspecified atom stereocenters. The van der Waals surface area contributed by atoms with E-state index in [1.807, 2.05) is 30.7 Å². The van der Waals surface area contributed by atoms with Crippen LogP contribution in [0.15, 0.2) is 116 Å². The minimum atomic E-state index is 0.00278. The van der Waals surface area contributed by atoms with Crippen molar-refractivity contribution in [1.29, 1.82) is 0 Å². The fourth-order valence-electron chi connectivity index (χ4n) is 7.13. The zero-order valence-corrected chi connectivity index (χ0v) is 31.3. The Bertz CT molecular complexity index is 2450. The Balaban J connectivity index is 1.15. The van der Waals surface area contributed by atoms with Crippen LogP contribution >= 0.6 is 0 Å².